The number of methoxy groups -OCH3 is 1. The summed E-state index contributed by atoms with van der Waals surface area (Å²) in [5, 5.41) is 3.99. The van der Waals surface area contributed by atoms with E-state index in [0.717, 1.165) is 15.5 Å². The van der Waals surface area contributed by atoms with Gasteiger partial charge in [0.1, 0.15) is 11.5 Å². The first-order valence-electron chi connectivity index (χ1n) is 7.89. The van der Waals surface area contributed by atoms with Gasteiger partial charge < -0.3 is 9.47 Å². The number of carbonyl (C=O) groups excluding carboxylic acids is 1. The molecule has 0 radical (unpaired) electrons. The highest BCUT2D eigenvalue weighted by atomic mass is 35.5. The fourth-order valence-corrected chi connectivity index (χ4v) is 3.33. The summed E-state index contributed by atoms with van der Waals surface area (Å²) in [5.74, 6) is 0.969. The molecule has 3 aromatic rings. The first kappa shape index (κ1) is 18.2. The van der Waals surface area contributed by atoms with Crippen molar-refractivity contribution in [3.8, 4) is 11.5 Å². The summed E-state index contributed by atoms with van der Waals surface area (Å²) in [7, 11) is 1.58. The van der Waals surface area contributed by atoms with Crippen LogP contribution in [0.15, 0.2) is 54.7 Å². The third-order valence-electron chi connectivity index (χ3n) is 3.53. The van der Waals surface area contributed by atoms with E-state index >= 15 is 0 Å². The number of carbonyl (C=O) groups is 1. The van der Waals surface area contributed by atoms with Gasteiger partial charge in [-0.25, -0.2) is 4.98 Å². The number of rotatable bonds is 7. The first-order chi connectivity index (χ1) is 12.6. The van der Waals surface area contributed by atoms with Crippen molar-refractivity contribution >= 4 is 34.0 Å². The number of thiazole rings is 1. The minimum Gasteiger partial charge on any atom is -0.497 e. The number of halogens is 1. The molecule has 7 heteroatoms. The Balaban J connectivity index is 1.53. The van der Waals surface area contributed by atoms with E-state index in [1.165, 1.54) is 11.3 Å². The Kier molecular flexibility index (Phi) is 6.09. The van der Waals surface area contributed by atoms with Crippen molar-refractivity contribution in [2.45, 2.75) is 6.42 Å². The molecule has 134 valence electrons. The Hall–Kier alpha value is -2.57. The predicted molar refractivity (Wildman–Crippen MR) is 103 cm³/mol. The molecule has 1 aromatic heterocycles. The van der Waals surface area contributed by atoms with Crippen molar-refractivity contribution in [1.82, 2.24) is 4.98 Å². The van der Waals surface area contributed by atoms with Crippen molar-refractivity contribution in [2.24, 2.45) is 0 Å². The van der Waals surface area contributed by atoms with Gasteiger partial charge in [0.05, 0.1) is 7.11 Å². The van der Waals surface area contributed by atoms with Crippen LogP contribution in [0.4, 0.5) is 5.13 Å². The molecular formula is C19H17ClN2O3S. The smallest absolute Gasteiger partial charge is 0.264 e. The maximum absolute atomic E-state index is 12.0. The fourth-order valence-electron chi connectivity index (χ4n) is 2.27. The van der Waals surface area contributed by atoms with Crippen LogP contribution in [-0.4, -0.2) is 24.6 Å². The number of nitrogens with one attached hydrogen (secondary N) is 1. The Morgan fingerprint density at radius 1 is 1.19 bits per heavy atom. The molecule has 3 rings (SSSR count). The number of hydrogen-bond acceptors (Lipinski definition) is 5. The summed E-state index contributed by atoms with van der Waals surface area (Å²) in [6.07, 6.45) is 2.42. The van der Waals surface area contributed by atoms with Gasteiger partial charge in [-0.15, -0.1) is 11.3 Å². The second kappa shape index (κ2) is 8.69. The topological polar surface area (TPSA) is 60.5 Å². The quantitative estimate of drug-likeness (QED) is 0.651. The summed E-state index contributed by atoms with van der Waals surface area (Å²) in [4.78, 5) is 17.3. The van der Waals surface area contributed by atoms with Crippen LogP contribution in [0.5, 0.6) is 11.5 Å². The Labute approximate surface area is 160 Å². The summed E-state index contributed by atoms with van der Waals surface area (Å²) in [6, 6.07) is 14.8. The van der Waals surface area contributed by atoms with Gasteiger partial charge in [0.15, 0.2) is 11.7 Å². The molecule has 0 unspecified atom stereocenters. The highest BCUT2D eigenvalue weighted by Gasteiger charge is 2.09. The van der Waals surface area contributed by atoms with E-state index in [2.05, 4.69) is 10.3 Å². The summed E-state index contributed by atoms with van der Waals surface area (Å²) in [6.45, 7) is -0.105. The zero-order chi connectivity index (χ0) is 18.4. The zero-order valence-corrected chi connectivity index (χ0v) is 15.6. The van der Waals surface area contributed by atoms with Gasteiger partial charge in [0, 0.05) is 28.6 Å². The first-order valence-corrected chi connectivity index (χ1v) is 9.08. The Morgan fingerprint density at radius 2 is 2.00 bits per heavy atom. The van der Waals surface area contributed by atoms with Crippen LogP contribution in [0.2, 0.25) is 5.02 Å². The molecule has 0 saturated carbocycles. The van der Waals surface area contributed by atoms with Crippen LogP contribution in [0.1, 0.15) is 10.4 Å². The number of ether oxygens (including phenoxy) is 2. The number of nitrogens with zero attached hydrogens (tertiary/aromatic N) is 1. The molecule has 0 aliphatic rings. The van der Waals surface area contributed by atoms with Crippen LogP contribution >= 0.6 is 22.9 Å². The minimum absolute atomic E-state index is 0.105. The summed E-state index contributed by atoms with van der Waals surface area (Å²) < 4.78 is 10.6. The second-order valence-corrected chi connectivity index (χ2v) is 6.94. The number of benzene rings is 2. The monoisotopic (exact) mass is 388 g/mol. The van der Waals surface area contributed by atoms with E-state index in [4.69, 9.17) is 21.1 Å². The van der Waals surface area contributed by atoms with Gasteiger partial charge in [0.25, 0.3) is 5.91 Å². The number of aromatic nitrogens is 1. The van der Waals surface area contributed by atoms with Gasteiger partial charge in [-0.05, 0) is 23.8 Å². The lowest BCUT2D eigenvalue weighted by atomic mass is 10.1. The van der Waals surface area contributed by atoms with E-state index in [1.54, 1.807) is 31.5 Å². The number of hydrogen-bond donors (Lipinski definition) is 1. The van der Waals surface area contributed by atoms with Gasteiger partial charge >= 0.3 is 0 Å². The molecule has 1 heterocycles. The third-order valence-corrected chi connectivity index (χ3v) is 4.82. The van der Waals surface area contributed by atoms with Crippen molar-refractivity contribution < 1.29 is 14.3 Å². The molecule has 5 nitrogen and oxygen atoms in total. The van der Waals surface area contributed by atoms with Crippen molar-refractivity contribution in [3.63, 3.8) is 0 Å². The van der Waals surface area contributed by atoms with Gasteiger partial charge in [-0.2, -0.15) is 0 Å². The minimum atomic E-state index is -0.272. The predicted octanol–water partition coefficient (Wildman–Crippen LogP) is 4.41. The van der Waals surface area contributed by atoms with Crippen LogP contribution in [0, 0.1) is 0 Å². The van der Waals surface area contributed by atoms with Gasteiger partial charge in [-0.1, -0.05) is 35.9 Å². The zero-order valence-electron chi connectivity index (χ0n) is 14.1. The lowest BCUT2D eigenvalue weighted by Gasteiger charge is -2.07. The van der Waals surface area contributed by atoms with Crippen molar-refractivity contribution in [2.75, 3.05) is 19.0 Å². The van der Waals surface area contributed by atoms with Crippen LogP contribution in [0.25, 0.3) is 0 Å². The van der Waals surface area contributed by atoms with E-state index in [-0.39, 0.29) is 12.5 Å². The van der Waals surface area contributed by atoms with Crippen molar-refractivity contribution in [3.05, 3.63) is 70.2 Å². The molecule has 0 aliphatic heterocycles. The standard InChI is InChI=1S/C19H17ClN2O3S/c1-24-14-6-4-7-15(10-14)25-12-18(23)22-19-21-11-16(26-19)9-13-5-2-3-8-17(13)20/h2-8,10-11H,9,12H2,1H3,(H,21,22,23). The van der Waals surface area contributed by atoms with Gasteiger partial charge in [0.2, 0.25) is 0 Å². The molecule has 0 fully saturated rings. The molecule has 0 saturated heterocycles. The maximum atomic E-state index is 12.0. The molecule has 0 spiro atoms. The Bertz CT molecular complexity index is 898. The average Bonchev–Trinajstić information content (AvgIpc) is 3.09. The molecule has 26 heavy (non-hydrogen) atoms. The van der Waals surface area contributed by atoms with Gasteiger partial charge in [-0.3, -0.25) is 10.1 Å². The molecule has 2 aromatic carbocycles. The molecule has 1 N–H and O–H groups in total. The van der Waals surface area contributed by atoms with E-state index in [1.807, 2.05) is 30.3 Å². The molecule has 0 bridgehead atoms. The molecule has 1 amide bonds. The van der Waals surface area contributed by atoms with Crippen LogP contribution in [-0.2, 0) is 11.2 Å². The normalized spacial score (nSPS) is 10.4. The molecule has 0 aliphatic carbocycles. The maximum Gasteiger partial charge on any atom is 0.264 e. The SMILES string of the molecule is COc1cccc(OCC(=O)Nc2ncc(Cc3ccccc3Cl)s2)c1. The fraction of sp³-hybridized carbons (Fsp3) is 0.158. The lowest BCUT2D eigenvalue weighted by molar-refractivity contribution is -0.118. The van der Waals surface area contributed by atoms with E-state index < -0.39 is 0 Å². The number of amides is 1. The van der Waals surface area contributed by atoms with Crippen LogP contribution in [0.3, 0.4) is 0 Å². The van der Waals surface area contributed by atoms with E-state index in [0.29, 0.717) is 23.1 Å². The highest BCUT2D eigenvalue weighted by Crippen LogP contribution is 2.24. The highest BCUT2D eigenvalue weighted by molar-refractivity contribution is 7.15. The summed E-state index contributed by atoms with van der Waals surface area (Å²) >= 11 is 7.59. The molecule has 0 atom stereocenters. The lowest BCUT2D eigenvalue weighted by Crippen LogP contribution is -2.19. The van der Waals surface area contributed by atoms with Crippen LogP contribution < -0.4 is 14.8 Å². The van der Waals surface area contributed by atoms with E-state index in [9.17, 15) is 4.79 Å². The summed E-state index contributed by atoms with van der Waals surface area (Å²) in [5.41, 5.74) is 1.03. The molecular weight excluding hydrogens is 372 g/mol. The largest absolute Gasteiger partial charge is 0.497 e. The average molecular weight is 389 g/mol. The Morgan fingerprint density at radius 3 is 2.81 bits per heavy atom. The third kappa shape index (κ3) is 4.97. The number of anilines is 1. The van der Waals surface area contributed by atoms with Crippen molar-refractivity contribution in [1.29, 1.82) is 0 Å². The second-order valence-electron chi connectivity index (χ2n) is 5.42.